The minimum absolute atomic E-state index is 0.274. The second-order valence-corrected chi connectivity index (χ2v) is 6.49. The Balaban J connectivity index is 1.47. The zero-order chi connectivity index (χ0) is 18.4. The van der Waals surface area contributed by atoms with E-state index in [2.05, 4.69) is 25.7 Å². The Labute approximate surface area is 152 Å². The maximum Gasteiger partial charge on any atom is 0.315 e. The molecule has 1 saturated heterocycles. The van der Waals surface area contributed by atoms with Gasteiger partial charge in [0.05, 0.1) is 0 Å². The Kier molecular flexibility index (Phi) is 6.17. The lowest BCUT2D eigenvalue weighted by Crippen LogP contribution is -2.42. The second kappa shape index (κ2) is 8.75. The van der Waals surface area contributed by atoms with Crippen LogP contribution < -0.4 is 10.6 Å². The number of hydrogen-bond donors (Lipinski definition) is 2. The molecule has 140 valence electrons. The highest BCUT2D eigenvalue weighted by Crippen LogP contribution is 2.19. The maximum atomic E-state index is 13.3. The van der Waals surface area contributed by atoms with Gasteiger partial charge in [0.25, 0.3) is 0 Å². The lowest BCUT2D eigenvalue weighted by molar-refractivity contribution is 0.217. The van der Waals surface area contributed by atoms with Crippen molar-refractivity contribution in [2.75, 3.05) is 26.2 Å². The SMILES string of the molecule is CC(NC(=O)NCCN1CCCCC1)c1nc(-c2cccc(F)c2)no1. The number of likely N-dealkylation sites (tertiary alicyclic amines) is 1. The quantitative estimate of drug-likeness (QED) is 0.827. The molecule has 0 saturated carbocycles. The molecule has 0 radical (unpaired) electrons. The van der Waals surface area contributed by atoms with Gasteiger partial charge in [0.2, 0.25) is 11.7 Å². The minimum atomic E-state index is -0.445. The Bertz CT molecular complexity index is 730. The first-order valence-electron chi connectivity index (χ1n) is 8.98. The monoisotopic (exact) mass is 361 g/mol. The van der Waals surface area contributed by atoms with Crippen LogP contribution in [-0.2, 0) is 0 Å². The van der Waals surface area contributed by atoms with Gasteiger partial charge >= 0.3 is 6.03 Å². The first-order chi connectivity index (χ1) is 12.6. The molecule has 26 heavy (non-hydrogen) atoms. The van der Waals surface area contributed by atoms with Crippen LogP contribution in [0.3, 0.4) is 0 Å². The number of halogens is 1. The molecule has 1 fully saturated rings. The number of rotatable bonds is 6. The zero-order valence-electron chi connectivity index (χ0n) is 14.9. The van der Waals surface area contributed by atoms with Crippen LogP contribution in [0.1, 0.15) is 38.1 Å². The summed E-state index contributed by atoms with van der Waals surface area (Å²) in [6.07, 6.45) is 3.76. The van der Waals surface area contributed by atoms with Crippen LogP contribution in [0.25, 0.3) is 11.4 Å². The third-order valence-electron chi connectivity index (χ3n) is 4.40. The van der Waals surface area contributed by atoms with Crippen molar-refractivity contribution in [2.45, 2.75) is 32.2 Å². The van der Waals surface area contributed by atoms with E-state index in [0.29, 0.717) is 17.9 Å². The fraction of sp³-hybridized carbons (Fsp3) is 0.500. The summed E-state index contributed by atoms with van der Waals surface area (Å²) in [7, 11) is 0. The number of aromatic nitrogens is 2. The van der Waals surface area contributed by atoms with Gasteiger partial charge in [-0.1, -0.05) is 23.7 Å². The summed E-state index contributed by atoms with van der Waals surface area (Å²) in [4.78, 5) is 18.6. The molecule has 1 aliphatic heterocycles. The smallest absolute Gasteiger partial charge is 0.315 e. The Morgan fingerprint density at radius 1 is 1.35 bits per heavy atom. The van der Waals surface area contributed by atoms with Crippen LogP contribution in [0.15, 0.2) is 28.8 Å². The molecule has 2 aromatic rings. The van der Waals surface area contributed by atoms with Crippen molar-refractivity contribution in [2.24, 2.45) is 0 Å². The van der Waals surface area contributed by atoms with Crippen molar-refractivity contribution < 1.29 is 13.7 Å². The molecule has 7 nitrogen and oxygen atoms in total. The van der Waals surface area contributed by atoms with Gasteiger partial charge in [-0.3, -0.25) is 0 Å². The first kappa shape index (κ1) is 18.3. The Morgan fingerprint density at radius 3 is 2.92 bits per heavy atom. The lowest BCUT2D eigenvalue weighted by atomic mass is 10.1. The maximum absolute atomic E-state index is 13.3. The predicted molar refractivity (Wildman–Crippen MR) is 94.9 cm³/mol. The van der Waals surface area contributed by atoms with Gasteiger partial charge in [0, 0.05) is 18.7 Å². The average molecular weight is 361 g/mol. The number of benzene rings is 1. The fourth-order valence-corrected chi connectivity index (χ4v) is 2.98. The van der Waals surface area contributed by atoms with Gasteiger partial charge in [-0.05, 0) is 45.0 Å². The number of carbonyl (C=O) groups excluding carboxylic acids is 1. The number of nitrogens with zero attached hydrogens (tertiary/aromatic N) is 3. The fourth-order valence-electron chi connectivity index (χ4n) is 2.98. The molecule has 3 rings (SSSR count). The predicted octanol–water partition coefficient (Wildman–Crippen LogP) is 2.72. The number of piperidine rings is 1. The third-order valence-corrected chi connectivity index (χ3v) is 4.40. The van der Waals surface area contributed by atoms with Gasteiger partial charge < -0.3 is 20.1 Å². The van der Waals surface area contributed by atoms with E-state index in [9.17, 15) is 9.18 Å². The molecule has 0 aliphatic carbocycles. The van der Waals surface area contributed by atoms with Crippen molar-refractivity contribution >= 4 is 6.03 Å². The van der Waals surface area contributed by atoms with Crippen LogP contribution >= 0.6 is 0 Å². The molecular weight excluding hydrogens is 337 g/mol. The normalized spacial score (nSPS) is 16.2. The van der Waals surface area contributed by atoms with Gasteiger partial charge in [-0.15, -0.1) is 0 Å². The van der Waals surface area contributed by atoms with E-state index in [1.807, 2.05) is 0 Å². The summed E-state index contributed by atoms with van der Waals surface area (Å²) < 4.78 is 18.5. The summed E-state index contributed by atoms with van der Waals surface area (Å²) in [5, 5.41) is 9.46. The van der Waals surface area contributed by atoms with Crippen molar-refractivity contribution in [3.8, 4) is 11.4 Å². The van der Waals surface area contributed by atoms with Crippen LogP contribution in [0.2, 0.25) is 0 Å². The van der Waals surface area contributed by atoms with Crippen molar-refractivity contribution in [1.82, 2.24) is 25.7 Å². The van der Waals surface area contributed by atoms with E-state index in [0.717, 1.165) is 19.6 Å². The van der Waals surface area contributed by atoms with E-state index in [4.69, 9.17) is 4.52 Å². The molecule has 1 aromatic carbocycles. The standard InChI is InChI=1S/C18H24FN5O2/c1-13(21-18(25)20-8-11-24-9-3-2-4-10-24)17-22-16(23-26-17)14-6-5-7-15(19)12-14/h5-7,12-13H,2-4,8-11H2,1H3,(H2,20,21,25). The van der Waals surface area contributed by atoms with Crippen LogP contribution in [0.4, 0.5) is 9.18 Å². The number of urea groups is 1. The average Bonchev–Trinajstić information content (AvgIpc) is 3.13. The second-order valence-electron chi connectivity index (χ2n) is 6.49. The number of carbonyl (C=O) groups is 1. The van der Waals surface area contributed by atoms with Crippen molar-refractivity contribution in [3.63, 3.8) is 0 Å². The Morgan fingerprint density at radius 2 is 2.15 bits per heavy atom. The molecule has 0 bridgehead atoms. The molecule has 2 heterocycles. The zero-order valence-corrected chi connectivity index (χ0v) is 14.9. The first-order valence-corrected chi connectivity index (χ1v) is 8.98. The summed E-state index contributed by atoms with van der Waals surface area (Å²) in [6.45, 7) is 5.41. The molecule has 8 heteroatoms. The largest absolute Gasteiger partial charge is 0.337 e. The van der Waals surface area contributed by atoms with Gasteiger partial charge in [-0.25, -0.2) is 9.18 Å². The molecule has 1 unspecified atom stereocenters. The summed E-state index contributed by atoms with van der Waals surface area (Å²) >= 11 is 0. The number of hydrogen-bond acceptors (Lipinski definition) is 5. The molecule has 1 aliphatic rings. The summed E-state index contributed by atoms with van der Waals surface area (Å²) in [5.74, 6) is 0.196. The van der Waals surface area contributed by atoms with E-state index in [1.165, 1.54) is 31.4 Å². The van der Waals surface area contributed by atoms with E-state index < -0.39 is 6.04 Å². The highest BCUT2D eigenvalue weighted by molar-refractivity contribution is 5.74. The summed E-state index contributed by atoms with van der Waals surface area (Å²) in [6, 6.07) is 5.24. The lowest BCUT2D eigenvalue weighted by Gasteiger charge is -2.26. The van der Waals surface area contributed by atoms with E-state index in [-0.39, 0.29) is 17.7 Å². The molecule has 2 N–H and O–H groups in total. The topological polar surface area (TPSA) is 83.3 Å². The van der Waals surface area contributed by atoms with Gasteiger partial charge in [-0.2, -0.15) is 4.98 Å². The molecule has 1 atom stereocenters. The van der Waals surface area contributed by atoms with E-state index >= 15 is 0 Å². The van der Waals surface area contributed by atoms with Crippen LogP contribution in [-0.4, -0.2) is 47.3 Å². The van der Waals surface area contributed by atoms with Crippen LogP contribution in [0.5, 0.6) is 0 Å². The molecular formula is C18H24FN5O2. The van der Waals surface area contributed by atoms with Crippen LogP contribution in [0, 0.1) is 5.82 Å². The molecule has 0 spiro atoms. The molecule has 2 amide bonds. The number of amides is 2. The van der Waals surface area contributed by atoms with Gasteiger partial charge in [0.15, 0.2) is 0 Å². The third kappa shape index (κ3) is 5.01. The highest BCUT2D eigenvalue weighted by atomic mass is 19.1. The van der Waals surface area contributed by atoms with Crippen molar-refractivity contribution in [1.29, 1.82) is 0 Å². The number of nitrogens with one attached hydrogen (secondary N) is 2. The molecule has 1 aromatic heterocycles. The van der Waals surface area contributed by atoms with Gasteiger partial charge in [0.1, 0.15) is 11.9 Å². The summed E-state index contributed by atoms with van der Waals surface area (Å²) in [5.41, 5.74) is 0.526. The van der Waals surface area contributed by atoms with E-state index in [1.54, 1.807) is 19.1 Å². The minimum Gasteiger partial charge on any atom is -0.337 e. The van der Waals surface area contributed by atoms with Crippen molar-refractivity contribution in [3.05, 3.63) is 36.0 Å². The Hall–Kier alpha value is -2.48. The highest BCUT2D eigenvalue weighted by Gasteiger charge is 2.18.